The minimum atomic E-state index is -0.194. The van der Waals surface area contributed by atoms with E-state index in [0.717, 1.165) is 43.1 Å². The summed E-state index contributed by atoms with van der Waals surface area (Å²) >= 11 is 7.42. The molecule has 1 saturated heterocycles. The van der Waals surface area contributed by atoms with Crippen LogP contribution in [0.4, 0.5) is 15.8 Å². The molecule has 168 valence electrons. The highest BCUT2D eigenvalue weighted by atomic mass is 32.1. The van der Waals surface area contributed by atoms with Crippen molar-refractivity contribution in [2.75, 3.05) is 36.4 Å². The summed E-state index contributed by atoms with van der Waals surface area (Å²) in [5, 5.41) is 9.63. The van der Waals surface area contributed by atoms with Crippen molar-refractivity contribution < 1.29 is 4.39 Å². The van der Waals surface area contributed by atoms with Crippen LogP contribution in [0.25, 0.3) is 0 Å². The Morgan fingerprint density at radius 3 is 2.38 bits per heavy atom. The monoisotopic (exact) mass is 468 g/mol. The van der Waals surface area contributed by atoms with Gasteiger partial charge in [-0.2, -0.15) is 0 Å². The van der Waals surface area contributed by atoms with Crippen LogP contribution in [-0.2, 0) is 0 Å². The summed E-state index contributed by atoms with van der Waals surface area (Å²) in [4.78, 5) is 6.18. The van der Waals surface area contributed by atoms with E-state index in [2.05, 4.69) is 57.9 Å². The second-order valence-corrected chi connectivity index (χ2v) is 9.55. The van der Waals surface area contributed by atoms with Crippen LogP contribution in [0.2, 0.25) is 0 Å². The van der Waals surface area contributed by atoms with E-state index >= 15 is 0 Å². The highest BCUT2D eigenvalue weighted by Crippen LogP contribution is 2.30. The van der Waals surface area contributed by atoms with Gasteiger partial charge in [0.1, 0.15) is 5.82 Å². The van der Waals surface area contributed by atoms with Crippen LogP contribution in [0.5, 0.6) is 0 Å². The van der Waals surface area contributed by atoms with Crippen LogP contribution in [0, 0.1) is 12.7 Å². The molecule has 3 aromatic rings. The maximum atomic E-state index is 13.3. The average Bonchev–Trinajstić information content (AvgIpc) is 3.31. The average molecular weight is 469 g/mol. The molecule has 32 heavy (non-hydrogen) atoms. The Hall–Kier alpha value is -2.48. The molecule has 0 bridgehead atoms. The third kappa shape index (κ3) is 5.46. The number of thiocarbonyl (C=S) groups is 1. The van der Waals surface area contributed by atoms with Gasteiger partial charge in [-0.05, 0) is 73.4 Å². The van der Waals surface area contributed by atoms with Crippen molar-refractivity contribution in [3.05, 3.63) is 82.3 Å². The third-order valence-electron chi connectivity index (χ3n) is 5.96. The topological polar surface area (TPSA) is 30.5 Å². The molecule has 0 aliphatic carbocycles. The Morgan fingerprint density at radius 1 is 1.00 bits per heavy atom. The van der Waals surface area contributed by atoms with Crippen molar-refractivity contribution in [1.82, 2.24) is 10.2 Å². The summed E-state index contributed by atoms with van der Waals surface area (Å²) in [6.07, 6.45) is 0. The van der Waals surface area contributed by atoms with Crippen LogP contribution < -0.4 is 15.5 Å². The second-order valence-electron chi connectivity index (χ2n) is 8.16. The molecule has 0 spiro atoms. The predicted molar refractivity (Wildman–Crippen MR) is 137 cm³/mol. The van der Waals surface area contributed by atoms with E-state index in [0.29, 0.717) is 5.11 Å². The van der Waals surface area contributed by atoms with Gasteiger partial charge in [0.15, 0.2) is 5.11 Å². The van der Waals surface area contributed by atoms with Crippen LogP contribution >= 0.6 is 23.6 Å². The number of rotatable bonds is 6. The van der Waals surface area contributed by atoms with Gasteiger partial charge in [-0.25, -0.2) is 4.39 Å². The summed E-state index contributed by atoms with van der Waals surface area (Å²) in [6, 6.07) is 19.6. The first kappa shape index (κ1) is 22.7. The Bertz CT molecular complexity index is 1010. The first-order chi connectivity index (χ1) is 15.5. The van der Waals surface area contributed by atoms with Crippen LogP contribution in [0.3, 0.4) is 0 Å². The lowest BCUT2D eigenvalue weighted by molar-refractivity contribution is 0.163. The fourth-order valence-corrected chi connectivity index (χ4v) is 5.53. The number of aryl methyl sites for hydroxylation is 1. The Kier molecular flexibility index (Phi) is 7.40. The molecule has 1 aliphatic rings. The Morgan fingerprint density at radius 2 is 1.72 bits per heavy atom. The van der Waals surface area contributed by atoms with Crippen LogP contribution in [0.15, 0.2) is 66.0 Å². The molecule has 4 nitrogen and oxygen atoms in total. The SMILES string of the molecule is Cc1ccccc1NC(=S)N[C@@H](C)[C@H](c1cccs1)N1CCN(c2ccc(F)cc2)CC1. The summed E-state index contributed by atoms with van der Waals surface area (Å²) in [5.41, 5.74) is 3.27. The van der Waals surface area contributed by atoms with Gasteiger partial charge in [0.25, 0.3) is 0 Å². The number of anilines is 2. The molecular formula is C25H29FN4S2. The van der Waals surface area contributed by atoms with Crippen molar-refractivity contribution in [2.24, 2.45) is 0 Å². The molecule has 1 aliphatic heterocycles. The fourth-order valence-electron chi connectivity index (χ4n) is 4.27. The summed E-state index contributed by atoms with van der Waals surface area (Å²) < 4.78 is 13.3. The molecular weight excluding hydrogens is 439 g/mol. The van der Waals surface area contributed by atoms with E-state index < -0.39 is 0 Å². The lowest BCUT2D eigenvalue weighted by Gasteiger charge is -2.42. The van der Waals surface area contributed by atoms with Crippen LogP contribution in [-0.4, -0.2) is 42.2 Å². The number of piperazine rings is 1. The number of hydrogen-bond donors (Lipinski definition) is 2. The molecule has 1 aromatic heterocycles. The number of benzene rings is 2. The van der Waals surface area contributed by atoms with E-state index in [-0.39, 0.29) is 17.9 Å². The van der Waals surface area contributed by atoms with Gasteiger partial charge in [-0.1, -0.05) is 24.3 Å². The van der Waals surface area contributed by atoms with Crippen molar-refractivity contribution in [3.8, 4) is 0 Å². The third-order valence-corrected chi connectivity index (χ3v) is 7.12. The molecule has 0 amide bonds. The molecule has 2 heterocycles. The Labute approximate surface area is 199 Å². The molecule has 1 fully saturated rings. The van der Waals surface area contributed by atoms with E-state index in [1.165, 1.54) is 17.0 Å². The van der Waals surface area contributed by atoms with Crippen LogP contribution in [0.1, 0.15) is 23.4 Å². The number of para-hydroxylation sites is 1. The first-order valence-corrected chi connectivity index (χ1v) is 12.2. The summed E-state index contributed by atoms with van der Waals surface area (Å²) in [5.74, 6) is -0.194. The number of nitrogens with zero attached hydrogens (tertiary/aromatic N) is 2. The maximum absolute atomic E-state index is 13.3. The predicted octanol–water partition coefficient (Wildman–Crippen LogP) is 5.43. The number of halogens is 1. The highest BCUT2D eigenvalue weighted by molar-refractivity contribution is 7.80. The number of hydrogen-bond acceptors (Lipinski definition) is 4. The van der Waals surface area contributed by atoms with Crippen molar-refractivity contribution in [1.29, 1.82) is 0 Å². The molecule has 0 saturated carbocycles. The molecule has 2 aromatic carbocycles. The molecule has 0 radical (unpaired) electrons. The van der Waals surface area contributed by atoms with Crippen molar-refractivity contribution >= 4 is 40.0 Å². The standard InChI is InChI=1S/C25H29FN4S2/c1-18-6-3-4-7-22(18)28-25(31)27-19(2)24(23-8-5-17-32-23)30-15-13-29(14-16-30)21-11-9-20(26)10-12-21/h3-12,17,19,24H,13-16H2,1-2H3,(H2,27,28,31)/t19-,24+/m0/s1. The van der Waals surface area contributed by atoms with Crippen molar-refractivity contribution in [3.63, 3.8) is 0 Å². The Balaban J connectivity index is 1.42. The zero-order chi connectivity index (χ0) is 22.5. The summed E-state index contributed by atoms with van der Waals surface area (Å²) in [6.45, 7) is 7.96. The zero-order valence-corrected chi connectivity index (χ0v) is 20.1. The normalized spacial score (nSPS) is 16.4. The van der Waals surface area contributed by atoms with Crippen molar-refractivity contribution in [2.45, 2.75) is 25.9 Å². The lowest BCUT2D eigenvalue weighted by Crippen LogP contribution is -2.52. The van der Waals surface area contributed by atoms with Gasteiger partial charge in [0, 0.05) is 48.5 Å². The van der Waals surface area contributed by atoms with Gasteiger partial charge in [0.05, 0.1) is 6.04 Å². The second kappa shape index (κ2) is 10.4. The van der Waals surface area contributed by atoms with Gasteiger partial charge < -0.3 is 15.5 Å². The number of thiophene rings is 1. The van der Waals surface area contributed by atoms with Gasteiger partial charge in [-0.15, -0.1) is 11.3 Å². The first-order valence-electron chi connectivity index (χ1n) is 10.9. The largest absolute Gasteiger partial charge is 0.369 e. The van der Waals surface area contributed by atoms with E-state index in [1.54, 1.807) is 11.3 Å². The molecule has 7 heteroatoms. The molecule has 2 N–H and O–H groups in total. The van der Waals surface area contributed by atoms with E-state index in [1.807, 2.05) is 30.3 Å². The van der Waals surface area contributed by atoms with E-state index in [9.17, 15) is 4.39 Å². The number of nitrogens with one attached hydrogen (secondary N) is 2. The molecule has 4 rings (SSSR count). The minimum absolute atomic E-state index is 0.134. The smallest absolute Gasteiger partial charge is 0.171 e. The highest BCUT2D eigenvalue weighted by Gasteiger charge is 2.30. The lowest BCUT2D eigenvalue weighted by atomic mass is 10.0. The fraction of sp³-hybridized carbons (Fsp3) is 0.320. The molecule has 2 atom stereocenters. The van der Waals surface area contributed by atoms with Gasteiger partial charge in [0.2, 0.25) is 0 Å². The van der Waals surface area contributed by atoms with Gasteiger partial charge >= 0.3 is 0 Å². The maximum Gasteiger partial charge on any atom is 0.171 e. The summed E-state index contributed by atoms with van der Waals surface area (Å²) in [7, 11) is 0. The molecule has 0 unspecified atom stereocenters. The zero-order valence-electron chi connectivity index (χ0n) is 18.4. The minimum Gasteiger partial charge on any atom is -0.369 e. The van der Waals surface area contributed by atoms with Gasteiger partial charge in [-0.3, -0.25) is 4.90 Å². The quantitative estimate of drug-likeness (QED) is 0.471. The van der Waals surface area contributed by atoms with E-state index in [4.69, 9.17) is 12.2 Å².